The third-order valence-corrected chi connectivity index (χ3v) is 3.07. The Kier molecular flexibility index (Phi) is 5.35. The molecule has 2 aromatic rings. The van der Waals surface area contributed by atoms with Crippen molar-refractivity contribution in [3.05, 3.63) is 65.7 Å². The van der Waals surface area contributed by atoms with E-state index in [1.54, 1.807) is 6.92 Å². The summed E-state index contributed by atoms with van der Waals surface area (Å²) < 4.78 is 5.56. The molecule has 1 unspecified atom stereocenters. The Morgan fingerprint density at radius 1 is 1.14 bits per heavy atom. The standard InChI is InChI=1S/C17H19NO3/c1-13(21-16-8-3-2-4-9-16)17(20)18-11-14-6-5-7-15(10-14)12-19/h2-10,13,19H,11-12H2,1H3,(H,18,20). The van der Waals surface area contributed by atoms with E-state index in [9.17, 15) is 4.79 Å². The minimum absolute atomic E-state index is 0.00466. The van der Waals surface area contributed by atoms with Gasteiger partial charge in [0.2, 0.25) is 0 Å². The molecule has 2 aromatic carbocycles. The Morgan fingerprint density at radius 2 is 1.86 bits per heavy atom. The van der Waals surface area contributed by atoms with E-state index < -0.39 is 6.10 Å². The van der Waals surface area contributed by atoms with Crippen LogP contribution >= 0.6 is 0 Å². The molecule has 0 bridgehead atoms. The van der Waals surface area contributed by atoms with E-state index in [0.29, 0.717) is 12.3 Å². The Bertz CT molecular complexity index is 584. The number of carbonyl (C=O) groups is 1. The third kappa shape index (κ3) is 4.61. The molecule has 4 heteroatoms. The molecule has 4 nitrogen and oxygen atoms in total. The van der Waals surface area contributed by atoms with Gasteiger partial charge in [0.25, 0.3) is 5.91 Å². The van der Waals surface area contributed by atoms with Gasteiger partial charge in [0, 0.05) is 6.54 Å². The summed E-state index contributed by atoms with van der Waals surface area (Å²) in [5.41, 5.74) is 1.78. The third-order valence-electron chi connectivity index (χ3n) is 3.07. The van der Waals surface area contributed by atoms with Gasteiger partial charge >= 0.3 is 0 Å². The maximum atomic E-state index is 12.0. The van der Waals surface area contributed by atoms with E-state index in [0.717, 1.165) is 11.1 Å². The zero-order chi connectivity index (χ0) is 15.1. The van der Waals surface area contributed by atoms with Crippen LogP contribution in [0.2, 0.25) is 0 Å². The van der Waals surface area contributed by atoms with Gasteiger partial charge in [-0.1, -0.05) is 42.5 Å². The fourth-order valence-corrected chi connectivity index (χ4v) is 1.93. The molecule has 0 aliphatic carbocycles. The van der Waals surface area contributed by atoms with Gasteiger partial charge in [0.1, 0.15) is 5.75 Å². The normalized spacial score (nSPS) is 11.7. The van der Waals surface area contributed by atoms with Crippen LogP contribution in [0.5, 0.6) is 5.75 Å². The maximum absolute atomic E-state index is 12.0. The zero-order valence-corrected chi connectivity index (χ0v) is 12.0. The summed E-state index contributed by atoms with van der Waals surface area (Å²) in [6, 6.07) is 16.7. The molecule has 0 radical (unpaired) electrons. The summed E-state index contributed by atoms with van der Waals surface area (Å²) in [7, 11) is 0. The molecule has 1 amide bonds. The molecular weight excluding hydrogens is 266 g/mol. The van der Waals surface area contributed by atoms with Crippen LogP contribution in [0, 0.1) is 0 Å². The summed E-state index contributed by atoms with van der Waals surface area (Å²) in [5.74, 6) is 0.496. The van der Waals surface area contributed by atoms with Crippen LogP contribution in [0.1, 0.15) is 18.1 Å². The molecular formula is C17H19NO3. The number of aliphatic hydroxyl groups is 1. The topological polar surface area (TPSA) is 58.6 Å². The van der Waals surface area contributed by atoms with Gasteiger partial charge in [0.15, 0.2) is 6.10 Å². The van der Waals surface area contributed by atoms with Crippen molar-refractivity contribution in [3.8, 4) is 5.75 Å². The number of ether oxygens (including phenoxy) is 1. The number of para-hydroxylation sites is 1. The first-order valence-electron chi connectivity index (χ1n) is 6.87. The number of benzene rings is 2. The minimum atomic E-state index is -0.562. The number of hydrogen-bond donors (Lipinski definition) is 2. The van der Waals surface area contributed by atoms with Gasteiger partial charge in [0.05, 0.1) is 6.61 Å². The highest BCUT2D eigenvalue weighted by Gasteiger charge is 2.13. The summed E-state index contributed by atoms with van der Waals surface area (Å²) in [6.07, 6.45) is -0.562. The van der Waals surface area contributed by atoms with Crippen molar-refractivity contribution in [1.82, 2.24) is 5.32 Å². The highest BCUT2D eigenvalue weighted by atomic mass is 16.5. The molecule has 0 aliphatic heterocycles. The molecule has 0 spiro atoms. The number of amides is 1. The Morgan fingerprint density at radius 3 is 2.57 bits per heavy atom. The largest absolute Gasteiger partial charge is 0.481 e. The number of nitrogens with one attached hydrogen (secondary N) is 1. The maximum Gasteiger partial charge on any atom is 0.261 e. The predicted molar refractivity (Wildman–Crippen MR) is 80.7 cm³/mol. The van der Waals surface area contributed by atoms with E-state index in [-0.39, 0.29) is 12.5 Å². The molecule has 0 aromatic heterocycles. The average Bonchev–Trinajstić information content (AvgIpc) is 2.53. The lowest BCUT2D eigenvalue weighted by Gasteiger charge is -2.14. The summed E-state index contributed by atoms with van der Waals surface area (Å²) >= 11 is 0. The molecule has 0 saturated carbocycles. The minimum Gasteiger partial charge on any atom is -0.481 e. The van der Waals surface area contributed by atoms with Crippen LogP contribution in [-0.4, -0.2) is 17.1 Å². The monoisotopic (exact) mass is 285 g/mol. The van der Waals surface area contributed by atoms with Crippen molar-refractivity contribution in [3.63, 3.8) is 0 Å². The van der Waals surface area contributed by atoms with E-state index >= 15 is 0 Å². The summed E-state index contributed by atoms with van der Waals surface area (Å²) in [5, 5.41) is 11.9. The highest BCUT2D eigenvalue weighted by molar-refractivity contribution is 5.80. The predicted octanol–water partition coefficient (Wildman–Crippen LogP) is 2.26. The van der Waals surface area contributed by atoms with Gasteiger partial charge < -0.3 is 15.2 Å². The SMILES string of the molecule is CC(Oc1ccccc1)C(=O)NCc1cccc(CO)c1. The second-order valence-corrected chi connectivity index (χ2v) is 4.77. The summed E-state index contributed by atoms with van der Waals surface area (Å²) in [6.45, 7) is 2.12. The number of carbonyl (C=O) groups excluding carboxylic acids is 1. The number of rotatable bonds is 6. The van der Waals surface area contributed by atoms with Gasteiger partial charge in [-0.3, -0.25) is 4.79 Å². The molecule has 2 rings (SSSR count). The van der Waals surface area contributed by atoms with Crippen LogP contribution in [-0.2, 0) is 17.9 Å². The van der Waals surface area contributed by atoms with Gasteiger partial charge in [-0.25, -0.2) is 0 Å². The lowest BCUT2D eigenvalue weighted by molar-refractivity contribution is -0.127. The Labute approximate surface area is 124 Å². The highest BCUT2D eigenvalue weighted by Crippen LogP contribution is 2.11. The van der Waals surface area contributed by atoms with Crippen LogP contribution in [0.4, 0.5) is 0 Å². The Balaban J connectivity index is 1.86. The molecule has 21 heavy (non-hydrogen) atoms. The lowest BCUT2D eigenvalue weighted by atomic mass is 10.1. The lowest BCUT2D eigenvalue weighted by Crippen LogP contribution is -2.35. The number of aliphatic hydroxyl groups excluding tert-OH is 1. The average molecular weight is 285 g/mol. The zero-order valence-electron chi connectivity index (χ0n) is 12.0. The van der Waals surface area contributed by atoms with Crippen LogP contribution in [0.3, 0.4) is 0 Å². The van der Waals surface area contributed by atoms with Crippen molar-refractivity contribution >= 4 is 5.91 Å². The van der Waals surface area contributed by atoms with Crippen molar-refractivity contribution in [2.45, 2.75) is 26.2 Å². The van der Waals surface area contributed by atoms with E-state index in [1.807, 2.05) is 54.6 Å². The quantitative estimate of drug-likeness (QED) is 0.856. The van der Waals surface area contributed by atoms with Crippen LogP contribution in [0.15, 0.2) is 54.6 Å². The fraction of sp³-hybridized carbons (Fsp3) is 0.235. The van der Waals surface area contributed by atoms with E-state index in [2.05, 4.69) is 5.32 Å². The first-order chi connectivity index (χ1) is 10.2. The molecule has 110 valence electrons. The second kappa shape index (κ2) is 7.45. The van der Waals surface area contributed by atoms with Crippen LogP contribution in [0.25, 0.3) is 0 Å². The number of hydrogen-bond acceptors (Lipinski definition) is 3. The summed E-state index contributed by atoms with van der Waals surface area (Å²) in [4.78, 5) is 12.0. The molecule has 0 fully saturated rings. The molecule has 2 N–H and O–H groups in total. The fourth-order valence-electron chi connectivity index (χ4n) is 1.93. The van der Waals surface area contributed by atoms with Gasteiger partial charge in [-0.2, -0.15) is 0 Å². The van der Waals surface area contributed by atoms with Crippen molar-refractivity contribution < 1.29 is 14.6 Å². The Hall–Kier alpha value is -2.33. The van der Waals surface area contributed by atoms with Crippen LogP contribution < -0.4 is 10.1 Å². The molecule has 0 saturated heterocycles. The first kappa shape index (κ1) is 15.1. The first-order valence-corrected chi connectivity index (χ1v) is 6.87. The van der Waals surface area contributed by atoms with Gasteiger partial charge in [-0.15, -0.1) is 0 Å². The molecule has 0 heterocycles. The second-order valence-electron chi connectivity index (χ2n) is 4.77. The van der Waals surface area contributed by atoms with Crippen molar-refractivity contribution in [2.24, 2.45) is 0 Å². The van der Waals surface area contributed by atoms with E-state index in [4.69, 9.17) is 9.84 Å². The van der Waals surface area contributed by atoms with Crippen molar-refractivity contribution in [1.29, 1.82) is 0 Å². The van der Waals surface area contributed by atoms with Gasteiger partial charge in [-0.05, 0) is 30.2 Å². The smallest absolute Gasteiger partial charge is 0.261 e. The molecule has 1 atom stereocenters. The van der Waals surface area contributed by atoms with E-state index in [1.165, 1.54) is 0 Å². The van der Waals surface area contributed by atoms with Crippen molar-refractivity contribution in [2.75, 3.05) is 0 Å². The molecule has 0 aliphatic rings.